The number of carbonyl (C=O) groups is 5. The Kier molecular flexibility index (Phi) is 16.3. The summed E-state index contributed by atoms with van der Waals surface area (Å²) in [4.78, 5) is 91.9. The Labute approximate surface area is 316 Å². The van der Waals surface area contributed by atoms with Crippen molar-refractivity contribution >= 4 is 62.5 Å². The molecular weight excluding hydrogens is 807 g/mol. The molecule has 0 radical (unpaired) electrons. The summed E-state index contributed by atoms with van der Waals surface area (Å²) in [6.45, 7) is 2.98. The third kappa shape index (κ3) is 13.5. The predicted molar refractivity (Wildman–Crippen MR) is 177 cm³/mol. The van der Waals surface area contributed by atoms with Gasteiger partial charge in [0.1, 0.15) is 49.5 Å². The van der Waals surface area contributed by atoms with E-state index in [1.165, 1.54) is 6.92 Å². The number of ether oxygens (including phenoxy) is 7. The van der Waals surface area contributed by atoms with Gasteiger partial charge in [-0.3, -0.25) is 37.6 Å². The molecule has 0 aromatic carbocycles. The average Bonchev–Trinajstić information content (AvgIpc) is 3.61. The highest BCUT2D eigenvalue weighted by Gasteiger charge is 2.49. The number of aliphatic hydroxyl groups is 1. The van der Waals surface area contributed by atoms with Crippen molar-refractivity contribution in [3.05, 3.63) is 12.7 Å². The van der Waals surface area contributed by atoms with Crippen molar-refractivity contribution in [2.75, 3.05) is 25.6 Å². The molecule has 0 saturated carbocycles. The molecule has 5 N–H and O–H groups in total. The third-order valence-corrected chi connectivity index (χ3v) is 9.71. The number of hydrogen-bond acceptors (Lipinski definition) is 22. The summed E-state index contributed by atoms with van der Waals surface area (Å²) in [5.41, 5.74) is 5.84. The number of esters is 5. The van der Waals surface area contributed by atoms with Crippen LogP contribution in [0.3, 0.4) is 0 Å². The fourth-order valence-electron chi connectivity index (χ4n) is 4.95. The first-order chi connectivity index (χ1) is 26.0. The summed E-state index contributed by atoms with van der Waals surface area (Å²) < 4.78 is 92.9. The highest BCUT2D eigenvalue weighted by molar-refractivity contribution is 7.61. The Bertz CT molecular complexity index is 1840. The summed E-state index contributed by atoms with van der Waals surface area (Å²) >= 11 is 0. The molecule has 314 valence electrons. The number of rotatable bonds is 20. The lowest BCUT2D eigenvalue weighted by Gasteiger charge is -2.35. The van der Waals surface area contributed by atoms with Crippen molar-refractivity contribution in [1.82, 2.24) is 19.5 Å². The number of aromatic nitrogens is 4. The number of hydrogen-bond donors (Lipinski definition) is 4. The number of nitrogens with zero attached hydrogens (tertiary/aromatic N) is 4. The summed E-state index contributed by atoms with van der Waals surface area (Å²) in [7, 11) is -11.8. The van der Waals surface area contributed by atoms with Gasteiger partial charge in [0.2, 0.25) is 6.29 Å². The lowest BCUT2D eigenvalue weighted by molar-refractivity contribution is -0.242. The van der Waals surface area contributed by atoms with Crippen LogP contribution in [0.25, 0.3) is 11.2 Å². The molecule has 3 rings (SSSR count). The van der Waals surface area contributed by atoms with Gasteiger partial charge in [0, 0.05) is 34.6 Å². The van der Waals surface area contributed by atoms with E-state index < -0.39 is 121 Å². The Morgan fingerprint density at radius 1 is 0.893 bits per heavy atom. The van der Waals surface area contributed by atoms with Crippen LogP contribution >= 0.6 is 15.6 Å². The lowest BCUT2D eigenvalue weighted by Crippen LogP contribution is -2.50. The van der Waals surface area contributed by atoms with Gasteiger partial charge in [-0.25, -0.2) is 28.5 Å². The van der Waals surface area contributed by atoms with Gasteiger partial charge in [-0.2, -0.15) is 4.31 Å². The standard InChI is InChI=1S/C28H40FN5O20P2/c1-12(48-15(4)37)24(19(49-16(5)38)7-45-13(2)35)52-28(20(50-17(6)39)8-46-14(3)36)53-56(43,44)54-55(41,42)47-9-18-23(40)21(29)27(51-18)34-11-33-22-25(30)31-10-32-26(22)34/h10-12,18-21,23-24,27-28,40H,7-9H2,1-6H3,(H,41,42)(H,43,44)(H2,30,31,32)/t12-,18?,19+,20+,21?,23?,24?,27?,28?/m0/s1. The summed E-state index contributed by atoms with van der Waals surface area (Å²) in [5.74, 6) is -4.94. The van der Waals surface area contributed by atoms with Gasteiger partial charge in [0.25, 0.3) is 0 Å². The molecule has 25 nitrogen and oxygen atoms in total. The second-order valence-corrected chi connectivity index (χ2v) is 14.7. The van der Waals surface area contributed by atoms with Crippen LogP contribution in [0.5, 0.6) is 0 Å². The number of phosphoric ester groups is 2. The highest BCUT2D eigenvalue weighted by Crippen LogP contribution is 2.61. The van der Waals surface area contributed by atoms with E-state index in [1.54, 1.807) is 0 Å². The Hall–Kier alpha value is -4.23. The first-order valence-electron chi connectivity index (χ1n) is 16.0. The molecule has 0 amide bonds. The normalized spacial score (nSPS) is 23.0. The molecule has 1 fully saturated rings. The zero-order valence-corrected chi connectivity index (χ0v) is 32.2. The number of aliphatic hydroxyl groups excluding tert-OH is 1. The van der Waals surface area contributed by atoms with Crippen molar-refractivity contribution in [2.45, 2.75) is 96.9 Å². The van der Waals surface area contributed by atoms with Crippen LogP contribution < -0.4 is 5.73 Å². The third-order valence-electron chi connectivity index (χ3n) is 7.11. The van der Waals surface area contributed by atoms with Crippen molar-refractivity contribution in [3.8, 4) is 0 Å². The van der Waals surface area contributed by atoms with E-state index in [2.05, 4.69) is 19.3 Å². The van der Waals surface area contributed by atoms with E-state index >= 15 is 4.39 Å². The van der Waals surface area contributed by atoms with Crippen LogP contribution in [-0.4, -0.2) is 133 Å². The van der Waals surface area contributed by atoms with E-state index in [1.807, 2.05) is 0 Å². The number of nitrogens with two attached hydrogens (primary N) is 1. The van der Waals surface area contributed by atoms with Crippen LogP contribution in [0.2, 0.25) is 0 Å². The number of nitrogen functional groups attached to an aromatic ring is 1. The quantitative estimate of drug-likeness (QED) is 0.0585. The van der Waals surface area contributed by atoms with Gasteiger partial charge in [-0.05, 0) is 6.92 Å². The van der Waals surface area contributed by atoms with Crippen LogP contribution in [0.4, 0.5) is 10.2 Å². The number of alkyl halides is 1. The Morgan fingerprint density at radius 3 is 2.04 bits per heavy atom. The monoisotopic (exact) mass is 847 g/mol. The minimum absolute atomic E-state index is 0.0148. The first-order valence-corrected chi connectivity index (χ1v) is 19.0. The number of phosphoric acid groups is 2. The summed E-state index contributed by atoms with van der Waals surface area (Å²) in [6, 6.07) is 0. The second-order valence-electron chi connectivity index (χ2n) is 11.7. The summed E-state index contributed by atoms with van der Waals surface area (Å²) in [5, 5.41) is 10.5. The van der Waals surface area contributed by atoms with E-state index in [4.69, 9.17) is 47.9 Å². The maximum absolute atomic E-state index is 15.2. The topological polar surface area (TPSA) is 342 Å². The zero-order valence-electron chi connectivity index (χ0n) is 30.4. The fraction of sp³-hybridized carbons (Fsp3) is 0.643. The predicted octanol–water partition coefficient (Wildman–Crippen LogP) is -0.0920. The molecule has 28 heteroatoms. The molecular formula is C28H40FN5O20P2. The average molecular weight is 848 g/mol. The van der Waals surface area contributed by atoms with Gasteiger partial charge in [0.05, 0.1) is 12.9 Å². The van der Waals surface area contributed by atoms with Crippen molar-refractivity contribution in [2.24, 2.45) is 0 Å². The maximum Gasteiger partial charge on any atom is 0.483 e. The molecule has 3 heterocycles. The van der Waals surface area contributed by atoms with Gasteiger partial charge >= 0.3 is 45.5 Å². The molecule has 1 aliphatic rings. The van der Waals surface area contributed by atoms with Gasteiger partial charge < -0.3 is 53.8 Å². The molecule has 1 saturated heterocycles. The molecule has 56 heavy (non-hydrogen) atoms. The van der Waals surface area contributed by atoms with Crippen LogP contribution in [0.1, 0.15) is 47.8 Å². The largest absolute Gasteiger partial charge is 0.483 e. The molecule has 8 unspecified atom stereocenters. The molecule has 2 aromatic rings. The van der Waals surface area contributed by atoms with Gasteiger partial charge in [-0.15, -0.1) is 0 Å². The van der Waals surface area contributed by atoms with Crippen molar-refractivity contribution < 1.29 is 98.9 Å². The minimum Gasteiger partial charge on any atom is -0.462 e. The second kappa shape index (κ2) is 19.8. The molecule has 2 aromatic heterocycles. The Morgan fingerprint density at radius 2 is 1.46 bits per heavy atom. The fourth-order valence-corrected chi connectivity index (χ4v) is 7.12. The van der Waals surface area contributed by atoms with E-state index in [-0.39, 0.29) is 17.0 Å². The maximum atomic E-state index is 15.2. The molecule has 0 aliphatic carbocycles. The lowest BCUT2D eigenvalue weighted by atomic mass is 10.1. The minimum atomic E-state index is -6.00. The number of carbonyl (C=O) groups excluding carboxylic acids is 5. The number of halogens is 1. The van der Waals surface area contributed by atoms with Crippen LogP contribution in [0, 0.1) is 0 Å². The first kappa shape index (κ1) is 46.2. The highest BCUT2D eigenvalue weighted by atomic mass is 31.3. The number of imidazole rings is 1. The van der Waals surface area contributed by atoms with E-state index in [0.29, 0.717) is 0 Å². The van der Waals surface area contributed by atoms with E-state index in [9.17, 15) is 48.0 Å². The molecule has 1 aliphatic heterocycles. The van der Waals surface area contributed by atoms with E-state index in [0.717, 1.165) is 51.8 Å². The van der Waals surface area contributed by atoms with Crippen LogP contribution in [0.15, 0.2) is 12.7 Å². The van der Waals surface area contributed by atoms with Gasteiger partial charge in [0.15, 0.2) is 36.1 Å². The Balaban J connectivity index is 1.88. The SMILES string of the molecule is CC(=O)OC[C@@H](OC(C)=O)C(OC([C@H](C)OC(C)=O)[C@@H](COC(C)=O)OC(C)=O)OP(=O)(O)OP(=O)(O)OCC1OC(n2cnc3c(N)ncnc32)C(F)C1O. The van der Waals surface area contributed by atoms with Crippen molar-refractivity contribution in [3.63, 3.8) is 0 Å². The van der Waals surface area contributed by atoms with Crippen LogP contribution in [-0.2, 0) is 79.6 Å². The van der Waals surface area contributed by atoms with Crippen molar-refractivity contribution in [1.29, 1.82) is 0 Å². The smallest absolute Gasteiger partial charge is 0.462 e. The molecule has 0 spiro atoms. The number of fused-ring (bicyclic) bond motifs is 1. The summed E-state index contributed by atoms with van der Waals surface area (Å²) in [6.07, 6.45) is -14.9. The van der Waals surface area contributed by atoms with Gasteiger partial charge in [-0.1, -0.05) is 0 Å². The zero-order chi connectivity index (χ0) is 42.1. The number of anilines is 1. The molecule has 11 atom stereocenters. The molecule has 0 bridgehead atoms.